The van der Waals surface area contributed by atoms with E-state index >= 15 is 0 Å². The molecule has 0 bridgehead atoms. The van der Waals surface area contributed by atoms with Crippen molar-refractivity contribution < 1.29 is 14.5 Å². The second-order valence-corrected chi connectivity index (χ2v) is 5.78. The average Bonchev–Trinajstić information content (AvgIpc) is 2.47. The number of anilines is 2. The molecule has 2 aromatic rings. The van der Waals surface area contributed by atoms with Crippen molar-refractivity contribution in [3.8, 4) is 0 Å². The van der Waals surface area contributed by atoms with Crippen LogP contribution in [0.3, 0.4) is 0 Å². The highest BCUT2D eigenvalue weighted by molar-refractivity contribution is 5.96. The third-order valence-corrected chi connectivity index (χ3v) is 2.77. The summed E-state index contributed by atoms with van der Waals surface area (Å²) in [4.78, 5) is 27.7. The smallest absolute Gasteiger partial charge is 0.419 e. The van der Waals surface area contributed by atoms with Crippen molar-refractivity contribution in [3.63, 3.8) is 0 Å². The second-order valence-electron chi connectivity index (χ2n) is 5.78. The van der Waals surface area contributed by atoms with Gasteiger partial charge in [-0.1, -0.05) is 18.2 Å². The van der Waals surface area contributed by atoms with Crippen LogP contribution in [0.15, 0.2) is 48.7 Å². The van der Waals surface area contributed by atoms with Gasteiger partial charge in [-0.15, -0.1) is 0 Å². The van der Waals surface area contributed by atoms with Crippen LogP contribution in [0.4, 0.5) is 22.0 Å². The minimum atomic E-state index is -0.668. The number of pyridine rings is 1. The number of carbonyl (C=O) groups is 1. The van der Waals surface area contributed by atoms with Gasteiger partial charge in [-0.25, -0.2) is 9.69 Å². The summed E-state index contributed by atoms with van der Waals surface area (Å²) in [6, 6.07) is 11.6. The molecule has 0 saturated carbocycles. The van der Waals surface area contributed by atoms with Gasteiger partial charge in [-0.05, 0) is 48.9 Å². The Bertz CT molecular complexity index is 694. The summed E-state index contributed by atoms with van der Waals surface area (Å²) < 4.78 is 5.41. The maximum atomic E-state index is 12.5. The van der Waals surface area contributed by atoms with E-state index in [2.05, 4.69) is 4.98 Å². The summed E-state index contributed by atoms with van der Waals surface area (Å²) in [5.41, 5.74) is 0.298. The molecule has 1 heterocycles. The Morgan fingerprint density at radius 2 is 1.78 bits per heavy atom. The summed E-state index contributed by atoms with van der Waals surface area (Å²) in [5.74, 6) is -0.286. The van der Waals surface area contributed by atoms with E-state index in [1.807, 2.05) is 6.07 Å². The van der Waals surface area contributed by atoms with Crippen LogP contribution >= 0.6 is 0 Å². The maximum Gasteiger partial charge on any atom is 0.419 e. The lowest BCUT2D eigenvalue weighted by Crippen LogP contribution is -2.33. The lowest BCUT2D eigenvalue weighted by molar-refractivity contribution is -0.389. The van der Waals surface area contributed by atoms with E-state index in [4.69, 9.17) is 4.74 Å². The molecule has 7 heteroatoms. The first kappa shape index (κ1) is 16.4. The Morgan fingerprint density at radius 3 is 2.26 bits per heavy atom. The number of nitrogens with zero attached hydrogens (tertiary/aromatic N) is 3. The van der Waals surface area contributed by atoms with Crippen molar-refractivity contribution in [1.29, 1.82) is 0 Å². The number of hydrogen-bond donors (Lipinski definition) is 0. The number of carbonyl (C=O) groups excluding carboxylic acids is 1. The predicted molar refractivity (Wildman–Crippen MR) is 85.7 cm³/mol. The molecule has 0 aliphatic carbocycles. The highest BCUT2D eigenvalue weighted by atomic mass is 16.6. The molecule has 0 spiro atoms. The molecule has 120 valence electrons. The van der Waals surface area contributed by atoms with Gasteiger partial charge in [0.15, 0.2) is 6.20 Å². The number of rotatable bonds is 3. The Hall–Kier alpha value is -2.96. The van der Waals surface area contributed by atoms with E-state index in [1.165, 1.54) is 23.2 Å². The van der Waals surface area contributed by atoms with Crippen LogP contribution in [0.25, 0.3) is 0 Å². The summed E-state index contributed by atoms with van der Waals surface area (Å²) in [7, 11) is 0. The number of hydrogen-bond acceptors (Lipinski definition) is 5. The highest BCUT2D eigenvalue weighted by Crippen LogP contribution is 2.27. The first-order valence-electron chi connectivity index (χ1n) is 6.96. The van der Waals surface area contributed by atoms with Crippen LogP contribution in [0, 0.1) is 10.1 Å². The van der Waals surface area contributed by atoms with Crippen LogP contribution in [0.2, 0.25) is 0 Å². The fourth-order valence-corrected chi connectivity index (χ4v) is 1.86. The predicted octanol–water partition coefficient (Wildman–Crippen LogP) is 4.06. The van der Waals surface area contributed by atoms with Crippen LogP contribution in [-0.4, -0.2) is 21.6 Å². The lowest BCUT2D eigenvalue weighted by atomic mass is 10.2. The van der Waals surface area contributed by atoms with Gasteiger partial charge in [-0.3, -0.25) is 0 Å². The van der Waals surface area contributed by atoms with Crippen LogP contribution in [-0.2, 0) is 4.74 Å². The number of nitro groups is 1. The molecule has 7 nitrogen and oxygen atoms in total. The molecule has 1 amide bonds. The van der Waals surface area contributed by atoms with Gasteiger partial charge in [0, 0.05) is 6.07 Å². The molecular formula is C16H17N3O4. The molecule has 0 unspecified atom stereocenters. The summed E-state index contributed by atoms with van der Waals surface area (Å²) in [6.45, 7) is 5.30. The molecule has 0 N–H and O–H groups in total. The topological polar surface area (TPSA) is 85.6 Å². The fourth-order valence-electron chi connectivity index (χ4n) is 1.86. The minimum absolute atomic E-state index is 0.286. The normalized spacial score (nSPS) is 10.9. The molecule has 2 rings (SSSR count). The van der Waals surface area contributed by atoms with Crippen molar-refractivity contribution in [1.82, 2.24) is 4.98 Å². The third kappa shape index (κ3) is 4.26. The minimum Gasteiger partial charge on any atom is -0.443 e. The zero-order valence-electron chi connectivity index (χ0n) is 13.1. The van der Waals surface area contributed by atoms with E-state index in [0.29, 0.717) is 11.4 Å². The Kier molecular flexibility index (Phi) is 4.59. The van der Waals surface area contributed by atoms with Crippen molar-refractivity contribution in [2.24, 2.45) is 0 Å². The van der Waals surface area contributed by atoms with Gasteiger partial charge in [0.25, 0.3) is 0 Å². The highest BCUT2D eigenvalue weighted by Gasteiger charge is 2.26. The Balaban J connectivity index is 2.41. The molecule has 23 heavy (non-hydrogen) atoms. The van der Waals surface area contributed by atoms with E-state index in [0.717, 1.165) is 0 Å². The standard InChI is InChI=1S/C16H17N3O4/c1-16(2,3)23-15(20)18(12-7-5-4-6-8-12)13-9-10-14(17-11-13)19(21)22/h4-11H,1-3H3. The van der Waals surface area contributed by atoms with Crippen molar-refractivity contribution >= 4 is 23.3 Å². The molecular weight excluding hydrogens is 298 g/mol. The van der Waals surface area contributed by atoms with Gasteiger partial charge in [0.1, 0.15) is 5.60 Å². The lowest BCUT2D eigenvalue weighted by Gasteiger charge is -2.26. The summed E-state index contributed by atoms with van der Waals surface area (Å²) >= 11 is 0. The van der Waals surface area contributed by atoms with Crippen molar-refractivity contribution in [2.75, 3.05) is 4.90 Å². The molecule has 0 aliphatic heterocycles. The largest absolute Gasteiger partial charge is 0.443 e. The van der Waals surface area contributed by atoms with Gasteiger partial charge < -0.3 is 14.9 Å². The zero-order valence-corrected chi connectivity index (χ0v) is 13.1. The van der Waals surface area contributed by atoms with E-state index in [1.54, 1.807) is 45.0 Å². The molecule has 1 aromatic carbocycles. The molecule has 0 saturated heterocycles. The second kappa shape index (κ2) is 6.43. The van der Waals surface area contributed by atoms with Crippen LogP contribution in [0.1, 0.15) is 20.8 Å². The van der Waals surface area contributed by atoms with Crippen LogP contribution < -0.4 is 4.90 Å². The van der Waals surface area contributed by atoms with Crippen LogP contribution in [0.5, 0.6) is 0 Å². The molecule has 0 radical (unpaired) electrons. The number of benzene rings is 1. The van der Waals surface area contributed by atoms with Crippen molar-refractivity contribution in [3.05, 3.63) is 58.8 Å². The first-order valence-corrected chi connectivity index (χ1v) is 6.96. The first-order chi connectivity index (χ1) is 10.8. The Morgan fingerprint density at radius 1 is 1.13 bits per heavy atom. The zero-order chi connectivity index (χ0) is 17.0. The van der Waals surface area contributed by atoms with Gasteiger partial charge in [0.05, 0.1) is 11.4 Å². The number of aromatic nitrogens is 1. The van der Waals surface area contributed by atoms with E-state index in [9.17, 15) is 14.9 Å². The average molecular weight is 315 g/mol. The number of para-hydroxylation sites is 1. The molecule has 0 atom stereocenters. The number of amides is 1. The van der Waals surface area contributed by atoms with Crippen molar-refractivity contribution in [2.45, 2.75) is 26.4 Å². The molecule has 0 fully saturated rings. The Labute approximate surface area is 133 Å². The fraction of sp³-hybridized carbons (Fsp3) is 0.250. The monoisotopic (exact) mass is 315 g/mol. The molecule has 1 aromatic heterocycles. The summed E-state index contributed by atoms with van der Waals surface area (Å²) in [6.07, 6.45) is 0.689. The summed E-state index contributed by atoms with van der Waals surface area (Å²) in [5, 5.41) is 10.7. The van der Waals surface area contributed by atoms with E-state index in [-0.39, 0.29) is 5.82 Å². The maximum absolute atomic E-state index is 12.5. The number of ether oxygens (including phenoxy) is 1. The molecule has 0 aliphatic rings. The van der Waals surface area contributed by atoms with Gasteiger partial charge in [0.2, 0.25) is 0 Å². The quantitative estimate of drug-likeness (QED) is 0.629. The van der Waals surface area contributed by atoms with E-state index < -0.39 is 16.6 Å². The van der Waals surface area contributed by atoms with Gasteiger partial charge >= 0.3 is 11.9 Å². The van der Waals surface area contributed by atoms with Gasteiger partial charge in [-0.2, -0.15) is 0 Å². The third-order valence-electron chi connectivity index (χ3n) is 2.77. The SMILES string of the molecule is CC(C)(C)OC(=O)N(c1ccccc1)c1ccc([N+](=O)[O-])nc1.